The van der Waals surface area contributed by atoms with Crippen LogP contribution in [0.1, 0.15) is 11.3 Å². The van der Waals surface area contributed by atoms with Crippen LogP contribution in [0, 0.1) is 13.8 Å². The number of nitrogens with zero attached hydrogens (tertiary/aromatic N) is 5. The van der Waals surface area contributed by atoms with Crippen molar-refractivity contribution in [2.75, 3.05) is 17.3 Å². The van der Waals surface area contributed by atoms with Gasteiger partial charge in [-0.3, -0.25) is 10.5 Å². The number of aryl methyl sites for hydroxylation is 3. The van der Waals surface area contributed by atoms with E-state index in [0.717, 1.165) is 44.2 Å². The Hall–Kier alpha value is -3.14. The second kappa shape index (κ2) is 8.31. The Morgan fingerprint density at radius 2 is 1.93 bits per heavy atom. The molecule has 4 N–H and O–H groups in total. The summed E-state index contributed by atoms with van der Waals surface area (Å²) in [5.74, 6) is 6.75. The first-order valence-corrected chi connectivity index (χ1v) is 10.3. The van der Waals surface area contributed by atoms with Gasteiger partial charge in [0.15, 0.2) is 0 Å². The summed E-state index contributed by atoms with van der Waals surface area (Å²) in [7, 11) is 3.94. The molecule has 30 heavy (non-hydrogen) atoms. The predicted molar refractivity (Wildman–Crippen MR) is 123 cm³/mol. The molecule has 2 aromatic carbocycles. The third kappa shape index (κ3) is 3.95. The molecule has 9 heteroatoms. The van der Waals surface area contributed by atoms with E-state index in [2.05, 4.69) is 50.3 Å². The van der Waals surface area contributed by atoms with Crippen molar-refractivity contribution in [2.45, 2.75) is 18.7 Å². The van der Waals surface area contributed by atoms with Gasteiger partial charge >= 0.3 is 0 Å². The number of anilines is 4. The van der Waals surface area contributed by atoms with E-state index in [4.69, 9.17) is 5.84 Å². The first-order valence-electron chi connectivity index (χ1n) is 9.46. The number of benzene rings is 2. The van der Waals surface area contributed by atoms with Crippen LogP contribution in [0.2, 0.25) is 0 Å². The molecule has 0 atom stereocenters. The zero-order chi connectivity index (χ0) is 21.3. The minimum Gasteiger partial charge on any atom is -0.329 e. The van der Waals surface area contributed by atoms with Crippen molar-refractivity contribution in [1.29, 1.82) is 0 Å². The van der Waals surface area contributed by atoms with Gasteiger partial charge in [0.25, 0.3) is 0 Å². The Morgan fingerprint density at radius 1 is 1.10 bits per heavy atom. The largest absolute Gasteiger partial charge is 0.329 e. The normalized spacial score (nSPS) is 11.1. The summed E-state index contributed by atoms with van der Waals surface area (Å²) >= 11 is 1.37. The fourth-order valence-corrected chi connectivity index (χ4v) is 3.78. The van der Waals surface area contributed by atoms with Crippen LogP contribution in [-0.4, -0.2) is 26.8 Å². The van der Waals surface area contributed by atoms with Gasteiger partial charge < -0.3 is 10.2 Å². The molecule has 0 spiro atoms. The highest BCUT2D eigenvalue weighted by atomic mass is 32.2. The molecule has 2 aromatic heterocycles. The molecule has 0 bridgehead atoms. The molecule has 0 saturated heterocycles. The van der Waals surface area contributed by atoms with Crippen molar-refractivity contribution < 1.29 is 0 Å². The van der Waals surface area contributed by atoms with Crippen molar-refractivity contribution in [1.82, 2.24) is 24.6 Å². The molecular formula is C21H24N8S. The molecule has 2 heterocycles. The minimum absolute atomic E-state index is 0.523. The standard InChI is InChI=1S/C21H24N8S/c1-13-5-6-15(11-19(13)30-27-22)24-21-23-10-9-20(25-21)28(3)16-7-8-17-14(2)29(4)26-18(17)12-16/h5-12,27H,22H2,1-4H3,(H,23,24,25). The van der Waals surface area contributed by atoms with E-state index in [0.29, 0.717) is 5.95 Å². The fraction of sp³-hybridized carbons (Fsp3) is 0.190. The molecular weight excluding hydrogens is 396 g/mol. The summed E-state index contributed by atoms with van der Waals surface area (Å²) < 4.78 is 1.90. The van der Waals surface area contributed by atoms with Crippen LogP contribution in [0.3, 0.4) is 0 Å². The van der Waals surface area contributed by atoms with Crippen molar-refractivity contribution in [3.05, 3.63) is 59.9 Å². The maximum absolute atomic E-state index is 5.44. The topological polar surface area (TPSA) is 96.9 Å². The lowest BCUT2D eigenvalue weighted by Crippen LogP contribution is -2.12. The Morgan fingerprint density at radius 3 is 2.73 bits per heavy atom. The second-order valence-corrected chi connectivity index (χ2v) is 7.91. The minimum atomic E-state index is 0.523. The van der Waals surface area contributed by atoms with Gasteiger partial charge in [-0.1, -0.05) is 6.07 Å². The molecule has 8 nitrogen and oxygen atoms in total. The van der Waals surface area contributed by atoms with E-state index in [1.54, 1.807) is 6.20 Å². The molecule has 4 aromatic rings. The second-order valence-electron chi connectivity index (χ2n) is 7.03. The number of aromatic nitrogens is 4. The number of fused-ring (bicyclic) bond motifs is 1. The Labute approximate surface area is 179 Å². The van der Waals surface area contributed by atoms with Gasteiger partial charge in [0.2, 0.25) is 5.95 Å². The summed E-state index contributed by atoms with van der Waals surface area (Å²) in [5.41, 5.74) is 5.15. The third-order valence-electron chi connectivity index (χ3n) is 5.10. The maximum Gasteiger partial charge on any atom is 0.229 e. The van der Waals surface area contributed by atoms with Crippen LogP contribution in [0.5, 0.6) is 0 Å². The summed E-state index contributed by atoms with van der Waals surface area (Å²) in [4.78, 5) is 14.7. The van der Waals surface area contributed by atoms with Crippen molar-refractivity contribution in [2.24, 2.45) is 12.9 Å². The van der Waals surface area contributed by atoms with Gasteiger partial charge in [-0.05, 0) is 67.8 Å². The van der Waals surface area contributed by atoms with E-state index in [1.165, 1.54) is 11.9 Å². The van der Waals surface area contributed by atoms with Gasteiger partial charge in [-0.2, -0.15) is 14.9 Å². The van der Waals surface area contributed by atoms with Gasteiger partial charge in [-0.25, -0.2) is 4.98 Å². The zero-order valence-electron chi connectivity index (χ0n) is 17.3. The van der Waals surface area contributed by atoms with Gasteiger partial charge in [0.1, 0.15) is 5.82 Å². The van der Waals surface area contributed by atoms with E-state index < -0.39 is 0 Å². The summed E-state index contributed by atoms with van der Waals surface area (Å²) in [6, 6.07) is 14.2. The Bertz CT molecular complexity index is 1200. The Balaban J connectivity index is 1.59. The highest BCUT2D eigenvalue weighted by Gasteiger charge is 2.11. The molecule has 0 amide bonds. The number of nitrogens with two attached hydrogens (primary N) is 1. The lowest BCUT2D eigenvalue weighted by Gasteiger charge is -2.19. The van der Waals surface area contributed by atoms with Crippen LogP contribution in [0.25, 0.3) is 10.9 Å². The quantitative estimate of drug-likeness (QED) is 0.245. The molecule has 0 aliphatic carbocycles. The van der Waals surface area contributed by atoms with Crippen molar-refractivity contribution in [3.63, 3.8) is 0 Å². The fourth-order valence-electron chi connectivity index (χ4n) is 3.24. The van der Waals surface area contributed by atoms with E-state index >= 15 is 0 Å². The van der Waals surface area contributed by atoms with Gasteiger partial charge in [-0.15, -0.1) is 0 Å². The zero-order valence-corrected chi connectivity index (χ0v) is 18.2. The molecule has 0 aliphatic rings. The van der Waals surface area contributed by atoms with E-state index in [9.17, 15) is 0 Å². The van der Waals surface area contributed by atoms with Gasteiger partial charge in [0, 0.05) is 47.6 Å². The van der Waals surface area contributed by atoms with Gasteiger partial charge in [0.05, 0.1) is 5.52 Å². The number of hydrazine groups is 1. The van der Waals surface area contributed by atoms with Crippen molar-refractivity contribution >= 4 is 46.0 Å². The highest BCUT2D eigenvalue weighted by molar-refractivity contribution is 7.97. The first kappa shape index (κ1) is 20.1. The number of hydrogen-bond donors (Lipinski definition) is 3. The SMILES string of the molecule is Cc1ccc(Nc2nccc(N(C)c3ccc4c(C)n(C)nc4c3)n2)cc1SNN. The van der Waals surface area contributed by atoms with E-state index in [-0.39, 0.29) is 0 Å². The highest BCUT2D eigenvalue weighted by Crippen LogP contribution is 2.28. The molecule has 0 fully saturated rings. The van der Waals surface area contributed by atoms with Crippen LogP contribution in [-0.2, 0) is 7.05 Å². The molecule has 0 saturated carbocycles. The first-order chi connectivity index (χ1) is 14.5. The lowest BCUT2D eigenvalue weighted by molar-refractivity contribution is 0.751. The smallest absolute Gasteiger partial charge is 0.229 e. The molecule has 0 radical (unpaired) electrons. The monoisotopic (exact) mass is 420 g/mol. The van der Waals surface area contributed by atoms with Crippen LogP contribution in [0.15, 0.2) is 53.6 Å². The predicted octanol–water partition coefficient (Wildman–Crippen LogP) is 3.96. The molecule has 0 aliphatic heterocycles. The molecule has 0 unspecified atom stereocenters. The number of hydrogen-bond acceptors (Lipinski definition) is 8. The van der Waals surface area contributed by atoms with Crippen LogP contribution < -0.4 is 20.9 Å². The lowest BCUT2D eigenvalue weighted by atomic mass is 10.2. The van der Waals surface area contributed by atoms with E-state index in [1.807, 2.05) is 54.9 Å². The number of nitrogens with one attached hydrogen (secondary N) is 2. The third-order valence-corrected chi connectivity index (χ3v) is 5.88. The molecule has 154 valence electrons. The van der Waals surface area contributed by atoms with Crippen LogP contribution in [0.4, 0.5) is 23.1 Å². The average molecular weight is 421 g/mol. The maximum atomic E-state index is 5.44. The van der Waals surface area contributed by atoms with Crippen LogP contribution >= 0.6 is 11.9 Å². The number of rotatable bonds is 6. The summed E-state index contributed by atoms with van der Waals surface area (Å²) in [5, 5.41) is 9.01. The molecule has 4 rings (SSSR count). The Kier molecular flexibility index (Phi) is 5.58. The average Bonchev–Trinajstić information content (AvgIpc) is 3.03. The van der Waals surface area contributed by atoms with Crippen molar-refractivity contribution in [3.8, 4) is 0 Å². The summed E-state index contributed by atoms with van der Waals surface area (Å²) in [6.45, 7) is 4.11. The summed E-state index contributed by atoms with van der Waals surface area (Å²) in [6.07, 6.45) is 1.75.